The van der Waals surface area contributed by atoms with E-state index in [1.165, 1.54) is 18.4 Å². The fraction of sp³-hybridized carbons (Fsp3) is 0.588. The van der Waals surface area contributed by atoms with Crippen molar-refractivity contribution in [3.8, 4) is 0 Å². The largest absolute Gasteiger partial charge is 0.354 e. The molecule has 1 heterocycles. The second kappa shape index (κ2) is 11.9. The van der Waals surface area contributed by atoms with Crippen molar-refractivity contribution >= 4 is 42.3 Å². The minimum absolute atomic E-state index is 0. The third kappa shape index (κ3) is 8.04. The number of hydrogen-bond donors (Lipinski definition) is 2. The lowest BCUT2D eigenvalue weighted by molar-refractivity contribution is -0.121. The van der Waals surface area contributed by atoms with Gasteiger partial charge in [-0.15, -0.1) is 24.8 Å². The van der Waals surface area contributed by atoms with Crippen LogP contribution in [0.5, 0.6) is 0 Å². The molecular formula is C17H28Cl3N3O. The van der Waals surface area contributed by atoms with E-state index in [2.05, 4.69) is 16.3 Å². The predicted molar refractivity (Wildman–Crippen MR) is 105 cm³/mol. The molecule has 1 aliphatic rings. The molecule has 0 spiro atoms. The molecule has 7 heteroatoms. The van der Waals surface area contributed by atoms with E-state index >= 15 is 0 Å². The van der Waals surface area contributed by atoms with Crippen LogP contribution in [0.2, 0.25) is 5.02 Å². The Morgan fingerprint density at radius 1 is 1.42 bits per heavy atom. The van der Waals surface area contributed by atoms with Crippen molar-refractivity contribution in [2.45, 2.75) is 51.2 Å². The van der Waals surface area contributed by atoms with Gasteiger partial charge in [0.25, 0.3) is 0 Å². The summed E-state index contributed by atoms with van der Waals surface area (Å²) in [5.41, 5.74) is 6.89. The fourth-order valence-corrected chi connectivity index (χ4v) is 3.18. The van der Waals surface area contributed by atoms with Crippen LogP contribution < -0.4 is 11.1 Å². The topological polar surface area (TPSA) is 58.4 Å². The van der Waals surface area contributed by atoms with Gasteiger partial charge in [0.1, 0.15) is 0 Å². The molecule has 1 aromatic carbocycles. The second-order valence-corrected chi connectivity index (χ2v) is 6.67. The molecule has 1 amide bonds. The van der Waals surface area contributed by atoms with Crippen LogP contribution >= 0.6 is 36.4 Å². The zero-order valence-corrected chi connectivity index (χ0v) is 16.4. The van der Waals surface area contributed by atoms with Crippen LogP contribution in [0, 0.1) is 0 Å². The number of halogens is 3. The number of amides is 1. The lowest BCUT2D eigenvalue weighted by Crippen LogP contribution is -2.46. The van der Waals surface area contributed by atoms with Crippen LogP contribution in [0.4, 0.5) is 0 Å². The Bertz CT molecular complexity index is 500. The van der Waals surface area contributed by atoms with Gasteiger partial charge in [-0.25, -0.2) is 0 Å². The van der Waals surface area contributed by atoms with Gasteiger partial charge < -0.3 is 11.1 Å². The maximum atomic E-state index is 11.8. The summed E-state index contributed by atoms with van der Waals surface area (Å²) in [5.74, 6) is 0.0447. The molecule has 2 rings (SSSR count). The van der Waals surface area contributed by atoms with Crippen LogP contribution in [-0.4, -0.2) is 36.0 Å². The van der Waals surface area contributed by atoms with E-state index in [-0.39, 0.29) is 36.8 Å². The Morgan fingerprint density at radius 3 is 2.83 bits per heavy atom. The summed E-state index contributed by atoms with van der Waals surface area (Å²) >= 11 is 6.06. The summed E-state index contributed by atoms with van der Waals surface area (Å²) in [6.07, 6.45) is 3.95. The smallest absolute Gasteiger partial charge is 0.221 e. The quantitative estimate of drug-likeness (QED) is 0.775. The normalized spacial score (nSPS) is 18.9. The molecule has 1 aliphatic heterocycles. The van der Waals surface area contributed by atoms with Gasteiger partial charge in [-0.1, -0.05) is 30.2 Å². The number of benzene rings is 1. The SMILES string of the molecule is CC(N)CC(=O)NCC1CCCCN1Cc1cccc(Cl)c1.Cl.Cl. The number of carbonyl (C=O) groups excluding carboxylic acids is 1. The molecule has 3 N–H and O–H groups in total. The maximum absolute atomic E-state index is 11.8. The van der Waals surface area contributed by atoms with Crippen molar-refractivity contribution in [2.24, 2.45) is 5.73 Å². The lowest BCUT2D eigenvalue weighted by atomic mass is 10.0. The summed E-state index contributed by atoms with van der Waals surface area (Å²) in [5, 5.41) is 3.80. The molecule has 24 heavy (non-hydrogen) atoms. The Kier molecular flexibility index (Phi) is 11.7. The molecular weight excluding hydrogens is 369 g/mol. The van der Waals surface area contributed by atoms with Crippen LogP contribution in [-0.2, 0) is 11.3 Å². The Balaban J connectivity index is 0.00000264. The molecule has 0 bridgehead atoms. The first-order valence-electron chi connectivity index (χ1n) is 8.05. The molecule has 0 aromatic heterocycles. The van der Waals surface area contributed by atoms with Crippen LogP contribution in [0.1, 0.15) is 38.2 Å². The summed E-state index contributed by atoms with van der Waals surface area (Å²) in [6, 6.07) is 8.31. The van der Waals surface area contributed by atoms with Crippen LogP contribution in [0.25, 0.3) is 0 Å². The van der Waals surface area contributed by atoms with Gasteiger partial charge in [-0.05, 0) is 44.0 Å². The van der Waals surface area contributed by atoms with Gasteiger partial charge in [0, 0.05) is 36.6 Å². The maximum Gasteiger partial charge on any atom is 0.221 e. The minimum atomic E-state index is -0.0890. The van der Waals surface area contributed by atoms with E-state index in [1.54, 1.807) is 0 Å². The van der Waals surface area contributed by atoms with E-state index < -0.39 is 0 Å². The zero-order chi connectivity index (χ0) is 15.9. The van der Waals surface area contributed by atoms with Crippen molar-refractivity contribution in [2.75, 3.05) is 13.1 Å². The molecule has 0 aliphatic carbocycles. The highest BCUT2D eigenvalue weighted by molar-refractivity contribution is 6.30. The minimum Gasteiger partial charge on any atom is -0.354 e. The summed E-state index contributed by atoms with van der Waals surface area (Å²) < 4.78 is 0. The van der Waals surface area contributed by atoms with Crippen molar-refractivity contribution in [3.63, 3.8) is 0 Å². The number of hydrogen-bond acceptors (Lipinski definition) is 3. The van der Waals surface area contributed by atoms with Crippen molar-refractivity contribution < 1.29 is 4.79 Å². The predicted octanol–water partition coefficient (Wildman–Crippen LogP) is 3.39. The Hall–Kier alpha value is -0.520. The summed E-state index contributed by atoms with van der Waals surface area (Å²) in [6.45, 7) is 4.51. The molecule has 2 atom stereocenters. The van der Waals surface area contributed by atoms with E-state index in [9.17, 15) is 4.79 Å². The summed E-state index contributed by atoms with van der Waals surface area (Å²) in [4.78, 5) is 14.2. The number of piperidine rings is 1. The van der Waals surface area contributed by atoms with Gasteiger partial charge >= 0.3 is 0 Å². The number of likely N-dealkylation sites (tertiary alicyclic amines) is 1. The van der Waals surface area contributed by atoms with Gasteiger partial charge in [-0.2, -0.15) is 0 Å². The monoisotopic (exact) mass is 395 g/mol. The molecule has 1 fully saturated rings. The first-order valence-corrected chi connectivity index (χ1v) is 8.43. The van der Waals surface area contributed by atoms with Crippen molar-refractivity contribution in [1.82, 2.24) is 10.2 Å². The van der Waals surface area contributed by atoms with Crippen molar-refractivity contribution in [1.29, 1.82) is 0 Å². The first-order chi connectivity index (χ1) is 10.5. The third-order valence-corrected chi connectivity index (χ3v) is 4.30. The molecule has 1 aromatic rings. The van der Waals surface area contributed by atoms with Gasteiger partial charge in [0.05, 0.1) is 0 Å². The Labute approximate surface area is 162 Å². The van der Waals surface area contributed by atoms with Crippen LogP contribution in [0.15, 0.2) is 24.3 Å². The van der Waals surface area contributed by atoms with E-state index in [4.69, 9.17) is 17.3 Å². The van der Waals surface area contributed by atoms with Crippen molar-refractivity contribution in [3.05, 3.63) is 34.9 Å². The Morgan fingerprint density at radius 2 is 2.17 bits per heavy atom. The lowest BCUT2D eigenvalue weighted by Gasteiger charge is -2.36. The number of nitrogens with one attached hydrogen (secondary N) is 1. The third-order valence-electron chi connectivity index (χ3n) is 4.07. The molecule has 0 saturated carbocycles. The standard InChI is InChI=1S/C17H26ClN3O.2ClH/c1-13(19)9-17(22)20-11-16-7-2-3-8-21(16)12-14-5-4-6-15(18)10-14;;/h4-6,10,13,16H,2-3,7-9,11-12,19H2,1H3,(H,20,22);2*1H. The number of nitrogens with two attached hydrogens (primary N) is 1. The van der Waals surface area contributed by atoms with Gasteiger partial charge in [-0.3, -0.25) is 9.69 Å². The highest BCUT2D eigenvalue weighted by atomic mass is 35.5. The number of nitrogens with zero attached hydrogens (tertiary/aromatic N) is 1. The second-order valence-electron chi connectivity index (χ2n) is 6.24. The average molecular weight is 397 g/mol. The fourth-order valence-electron chi connectivity index (χ4n) is 2.97. The number of carbonyl (C=O) groups is 1. The van der Waals surface area contributed by atoms with E-state index in [0.29, 0.717) is 19.0 Å². The van der Waals surface area contributed by atoms with E-state index in [1.807, 2.05) is 25.1 Å². The molecule has 1 saturated heterocycles. The average Bonchev–Trinajstić information content (AvgIpc) is 2.46. The van der Waals surface area contributed by atoms with E-state index in [0.717, 1.165) is 24.5 Å². The first kappa shape index (κ1) is 23.5. The molecule has 0 radical (unpaired) electrons. The highest BCUT2D eigenvalue weighted by Crippen LogP contribution is 2.20. The van der Waals surface area contributed by atoms with Gasteiger partial charge in [0.2, 0.25) is 5.91 Å². The molecule has 2 unspecified atom stereocenters. The van der Waals surface area contributed by atoms with Gasteiger partial charge in [0.15, 0.2) is 0 Å². The number of rotatable bonds is 6. The van der Waals surface area contributed by atoms with Crippen LogP contribution in [0.3, 0.4) is 0 Å². The highest BCUT2D eigenvalue weighted by Gasteiger charge is 2.23. The summed E-state index contributed by atoms with van der Waals surface area (Å²) in [7, 11) is 0. The zero-order valence-electron chi connectivity index (χ0n) is 14.0. The molecule has 4 nitrogen and oxygen atoms in total. The molecule has 138 valence electrons.